The Morgan fingerprint density at radius 2 is 2.31 bits per heavy atom. The molecule has 3 heteroatoms. The Bertz CT molecular complexity index is 372. The Morgan fingerprint density at radius 3 is 3.00 bits per heavy atom. The van der Waals surface area contributed by atoms with Crippen LogP contribution in [0.1, 0.15) is 36.0 Å². The van der Waals surface area contributed by atoms with E-state index in [0.29, 0.717) is 12.0 Å². The lowest BCUT2D eigenvalue weighted by Crippen LogP contribution is -2.35. The molecule has 0 aromatic heterocycles. The van der Waals surface area contributed by atoms with Gasteiger partial charge in [0.15, 0.2) is 5.78 Å². The van der Waals surface area contributed by atoms with E-state index in [4.69, 9.17) is 0 Å². The molecule has 1 N–H and O–H groups in total. The van der Waals surface area contributed by atoms with Gasteiger partial charge in [-0.25, -0.2) is 4.39 Å². The number of hydrogen-bond donors (Lipinski definition) is 1. The average molecular weight is 221 g/mol. The number of carbonyl (C=O) groups is 1. The minimum Gasteiger partial charge on any atom is -0.314 e. The topological polar surface area (TPSA) is 29.1 Å². The van der Waals surface area contributed by atoms with Crippen molar-refractivity contribution in [2.75, 3.05) is 6.54 Å². The predicted octanol–water partition coefficient (Wildman–Crippen LogP) is 2.54. The molecule has 1 saturated heterocycles. The van der Waals surface area contributed by atoms with E-state index in [1.165, 1.54) is 25.0 Å². The van der Waals surface area contributed by atoms with Crippen LogP contribution in [0.15, 0.2) is 24.3 Å². The van der Waals surface area contributed by atoms with Crippen molar-refractivity contribution in [1.82, 2.24) is 5.32 Å². The van der Waals surface area contributed by atoms with Crippen molar-refractivity contribution in [3.8, 4) is 0 Å². The van der Waals surface area contributed by atoms with Crippen LogP contribution in [0.5, 0.6) is 0 Å². The third kappa shape index (κ3) is 2.89. The van der Waals surface area contributed by atoms with Gasteiger partial charge in [0.2, 0.25) is 0 Å². The summed E-state index contributed by atoms with van der Waals surface area (Å²) in [6.07, 6.45) is 3.88. The number of carbonyl (C=O) groups excluding carboxylic acids is 1. The van der Waals surface area contributed by atoms with Crippen LogP contribution in [-0.2, 0) is 0 Å². The van der Waals surface area contributed by atoms with Crippen LogP contribution in [-0.4, -0.2) is 18.4 Å². The van der Waals surface area contributed by atoms with E-state index in [-0.39, 0.29) is 17.6 Å². The summed E-state index contributed by atoms with van der Waals surface area (Å²) >= 11 is 0. The summed E-state index contributed by atoms with van der Waals surface area (Å²) < 4.78 is 12.9. The van der Waals surface area contributed by atoms with Crippen LogP contribution in [0.2, 0.25) is 0 Å². The summed E-state index contributed by atoms with van der Waals surface area (Å²) in [7, 11) is 0. The first-order valence-corrected chi connectivity index (χ1v) is 5.78. The second kappa shape index (κ2) is 5.21. The zero-order valence-electron chi connectivity index (χ0n) is 9.21. The second-order valence-electron chi connectivity index (χ2n) is 4.28. The predicted molar refractivity (Wildman–Crippen MR) is 61.0 cm³/mol. The zero-order chi connectivity index (χ0) is 11.4. The molecule has 0 radical (unpaired) electrons. The summed E-state index contributed by atoms with van der Waals surface area (Å²) in [5.41, 5.74) is 0.479. The molecule has 16 heavy (non-hydrogen) atoms. The number of ketones is 1. The summed E-state index contributed by atoms with van der Waals surface area (Å²) in [6.45, 7) is 0.987. The molecule has 1 aliphatic heterocycles. The summed E-state index contributed by atoms with van der Waals surface area (Å²) in [4.78, 5) is 11.9. The lowest BCUT2D eigenvalue weighted by atomic mass is 9.97. The molecule has 2 rings (SSSR count). The van der Waals surface area contributed by atoms with Crippen LogP contribution in [0.25, 0.3) is 0 Å². The van der Waals surface area contributed by atoms with Gasteiger partial charge < -0.3 is 5.32 Å². The van der Waals surface area contributed by atoms with Crippen molar-refractivity contribution in [2.45, 2.75) is 31.7 Å². The number of nitrogens with one attached hydrogen (secondary N) is 1. The van der Waals surface area contributed by atoms with Crippen LogP contribution >= 0.6 is 0 Å². The monoisotopic (exact) mass is 221 g/mol. The largest absolute Gasteiger partial charge is 0.314 e. The highest BCUT2D eigenvalue weighted by molar-refractivity contribution is 5.96. The van der Waals surface area contributed by atoms with Gasteiger partial charge in [-0.05, 0) is 31.5 Å². The standard InChI is InChI=1S/C13H16FNO/c14-11-5-3-4-10(8-11)13(16)9-12-6-1-2-7-15-12/h3-5,8,12,15H,1-2,6-7,9H2. The van der Waals surface area contributed by atoms with Crippen molar-refractivity contribution >= 4 is 5.78 Å². The van der Waals surface area contributed by atoms with Gasteiger partial charge in [-0.1, -0.05) is 18.6 Å². The van der Waals surface area contributed by atoms with Crippen molar-refractivity contribution in [3.63, 3.8) is 0 Å². The number of piperidine rings is 1. The van der Waals surface area contributed by atoms with Gasteiger partial charge in [-0.3, -0.25) is 4.79 Å². The van der Waals surface area contributed by atoms with Crippen LogP contribution in [0.3, 0.4) is 0 Å². The first-order chi connectivity index (χ1) is 7.75. The van der Waals surface area contributed by atoms with E-state index in [2.05, 4.69) is 5.32 Å². The van der Waals surface area contributed by atoms with Gasteiger partial charge in [0.1, 0.15) is 5.82 Å². The first kappa shape index (κ1) is 11.3. The summed E-state index contributed by atoms with van der Waals surface area (Å²) in [5.74, 6) is -0.318. The Labute approximate surface area is 94.9 Å². The van der Waals surface area contributed by atoms with Gasteiger partial charge in [0.05, 0.1) is 0 Å². The third-order valence-electron chi connectivity index (χ3n) is 2.99. The van der Waals surface area contributed by atoms with Crippen LogP contribution in [0, 0.1) is 5.82 Å². The summed E-state index contributed by atoms with van der Waals surface area (Å²) in [6, 6.07) is 6.19. The zero-order valence-corrected chi connectivity index (χ0v) is 9.21. The van der Waals surface area contributed by atoms with E-state index in [1.807, 2.05) is 0 Å². The molecule has 86 valence electrons. The molecule has 1 aromatic carbocycles. The molecule has 1 aliphatic rings. The third-order valence-corrected chi connectivity index (χ3v) is 2.99. The molecule has 0 bridgehead atoms. The number of rotatable bonds is 3. The highest BCUT2D eigenvalue weighted by atomic mass is 19.1. The van der Waals surface area contributed by atoms with E-state index >= 15 is 0 Å². The van der Waals surface area contributed by atoms with Crippen LogP contribution < -0.4 is 5.32 Å². The lowest BCUT2D eigenvalue weighted by molar-refractivity contribution is 0.0963. The number of halogens is 1. The highest BCUT2D eigenvalue weighted by Gasteiger charge is 2.17. The molecule has 0 amide bonds. The first-order valence-electron chi connectivity index (χ1n) is 5.78. The molecule has 0 saturated carbocycles. The fourth-order valence-corrected chi connectivity index (χ4v) is 2.10. The molecule has 1 unspecified atom stereocenters. The Kier molecular flexibility index (Phi) is 3.67. The molecule has 1 fully saturated rings. The fraction of sp³-hybridized carbons (Fsp3) is 0.462. The van der Waals surface area contributed by atoms with E-state index < -0.39 is 0 Å². The minimum atomic E-state index is -0.345. The Balaban J connectivity index is 1.97. The van der Waals surface area contributed by atoms with E-state index in [1.54, 1.807) is 12.1 Å². The molecule has 0 aliphatic carbocycles. The quantitative estimate of drug-likeness (QED) is 0.795. The normalized spacial score (nSPS) is 20.7. The summed E-state index contributed by atoms with van der Waals surface area (Å²) in [5, 5.41) is 3.32. The minimum absolute atomic E-state index is 0.0268. The van der Waals surface area contributed by atoms with E-state index in [0.717, 1.165) is 13.0 Å². The second-order valence-corrected chi connectivity index (χ2v) is 4.28. The Hall–Kier alpha value is -1.22. The van der Waals surface area contributed by atoms with Crippen molar-refractivity contribution < 1.29 is 9.18 Å². The number of benzene rings is 1. The van der Waals surface area contributed by atoms with Gasteiger partial charge in [-0.2, -0.15) is 0 Å². The molecule has 2 nitrogen and oxygen atoms in total. The van der Waals surface area contributed by atoms with Gasteiger partial charge in [0, 0.05) is 18.0 Å². The molecular weight excluding hydrogens is 205 g/mol. The SMILES string of the molecule is O=C(CC1CCCCN1)c1cccc(F)c1. The maximum atomic E-state index is 12.9. The van der Waals surface area contributed by atoms with Gasteiger partial charge >= 0.3 is 0 Å². The molecule has 0 spiro atoms. The lowest BCUT2D eigenvalue weighted by Gasteiger charge is -2.22. The van der Waals surface area contributed by atoms with Crippen LogP contribution in [0.4, 0.5) is 4.39 Å². The van der Waals surface area contributed by atoms with Gasteiger partial charge in [-0.15, -0.1) is 0 Å². The fourth-order valence-electron chi connectivity index (χ4n) is 2.10. The maximum Gasteiger partial charge on any atom is 0.164 e. The highest BCUT2D eigenvalue weighted by Crippen LogP contribution is 2.14. The van der Waals surface area contributed by atoms with Crippen molar-refractivity contribution in [1.29, 1.82) is 0 Å². The smallest absolute Gasteiger partial charge is 0.164 e. The average Bonchev–Trinajstić information content (AvgIpc) is 2.30. The molecule has 1 heterocycles. The molecule has 1 atom stereocenters. The number of Topliss-reactive ketones (excluding diaryl/α,β-unsaturated/α-hetero) is 1. The maximum absolute atomic E-state index is 12.9. The van der Waals surface area contributed by atoms with Crippen molar-refractivity contribution in [2.24, 2.45) is 0 Å². The van der Waals surface area contributed by atoms with Crippen molar-refractivity contribution in [3.05, 3.63) is 35.6 Å². The Morgan fingerprint density at radius 1 is 1.44 bits per heavy atom. The molecule has 1 aromatic rings. The molecular formula is C13H16FNO. The van der Waals surface area contributed by atoms with Gasteiger partial charge in [0.25, 0.3) is 0 Å². The van der Waals surface area contributed by atoms with E-state index in [9.17, 15) is 9.18 Å². The number of hydrogen-bond acceptors (Lipinski definition) is 2.